The Balaban J connectivity index is 0. The highest BCUT2D eigenvalue weighted by molar-refractivity contribution is 6.05. The number of esters is 4. The Kier molecular flexibility index (Phi) is 13.7. The minimum atomic E-state index is -0.588. The van der Waals surface area contributed by atoms with Gasteiger partial charge in [0.05, 0.1) is 20.1 Å². The van der Waals surface area contributed by atoms with Crippen molar-refractivity contribution in [2.45, 2.75) is 33.1 Å². The Morgan fingerprint density at radius 2 is 1.92 bits per heavy atom. The number of carbonyl (C=O) groups is 4. The van der Waals surface area contributed by atoms with Crippen molar-refractivity contribution in [1.29, 1.82) is 0 Å². The van der Waals surface area contributed by atoms with E-state index in [2.05, 4.69) is 33.9 Å². The summed E-state index contributed by atoms with van der Waals surface area (Å²) in [5.74, 6) is -1.77. The molecule has 24 heavy (non-hydrogen) atoms. The maximum atomic E-state index is 10.3. The lowest BCUT2D eigenvalue weighted by Crippen LogP contribution is -2.00. The van der Waals surface area contributed by atoms with E-state index in [0.29, 0.717) is 12.2 Å². The molecule has 0 saturated carbocycles. The van der Waals surface area contributed by atoms with E-state index in [1.54, 1.807) is 6.92 Å². The van der Waals surface area contributed by atoms with Crippen LogP contribution in [0.5, 0.6) is 0 Å². The molecule has 0 amide bonds. The molecular formula is C17H24O7. The van der Waals surface area contributed by atoms with Crippen molar-refractivity contribution in [3.05, 3.63) is 37.0 Å². The Morgan fingerprint density at radius 3 is 2.12 bits per heavy atom. The summed E-state index contributed by atoms with van der Waals surface area (Å²) < 4.78 is 13.0. The van der Waals surface area contributed by atoms with E-state index in [9.17, 15) is 19.2 Å². The fourth-order valence-corrected chi connectivity index (χ4v) is 1.01. The highest BCUT2D eigenvalue weighted by atomic mass is 16.6. The van der Waals surface area contributed by atoms with Crippen LogP contribution in [0.3, 0.4) is 0 Å². The predicted molar refractivity (Wildman–Crippen MR) is 87.8 cm³/mol. The smallest absolute Gasteiger partial charge is 0.341 e. The van der Waals surface area contributed by atoms with Crippen LogP contribution in [-0.2, 0) is 33.4 Å². The van der Waals surface area contributed by atoms with E-state index in [1.807, 2.05) is 6.92 Å². The third-order valence-electron chi connectivity index (χ3n) is 2.30. The van der Waals surface area contributed by atoms with Gasteiger partial charge in [0.15, 0.2) is 0 Å². The molecule has 0 radical (unpaired) electrons. The number of methoxy groups -OCH3 is 1. The first-order valence-corrected chi connectivity index (χ1v) is 7.15. The normalized spacial score (nSPS) is 11.9. The van der Waals surface area contributed by atoms with Crippen LogP contribution in [0.2, 0.25) is 0 Å². The lowest BCUT2D eigenvalue weighted by molar-refractivity contribution is -0.151. The molecule has 134 valence electrons. The molecule has 1 aliphatic heterocycles. The van der Waals surface area contributed by atoms with Crippen molar-refractivity contribution in [2.75, 3.05) is 13.7 Å². The first kappa shape index (κ1) is 23.6. The van der Waals surface area contributed by atoms with Crippen molar-refractivity contribution in [3.63, 3.8) is 0 Å². The van der Waals surface area contributed by atoms with Gasteiger partial charge in [-0.15, -0.1) is 0 Å². The zero-order valence-corrected chi connectivity index (χ0v) is 14.4. The van der Waals surface area contributed by atoms with Crippen molar-refractivity contribution < 1.29 is 33.4 Å². The molecule has 0 aromatic rings. The van der Waals surface area contributed by atoms with Gasteiger partial charge in [0, 0.05) is 17.2 Å². The Labute approximate surface area is 142 Å². The number of rotatable bonds is 5. The first-order valence-electron chi connectivity index (χ1n) is 7.15. The SMILES string of the molecule is C=C(C)C(=O)OC.C=C1CC(=O)OC1=O.C=CC(=O)OCCCC. The molecule has 0 aromatic heterocycles. The predicted octanol–water partition coefficient (Wildman–Crippen LogP) is 2.27. The van der Waals surface area contributed by atoms with Gasteiger partial charge >= 0.3 is 23.9 Å². The molecule has 0 spiro atoms. The van der Waals surface area contributed by atoms with Gasteiger partial charge in [-0.25, -0.2) is 14.4 Å². The summed E-state index contributed by atoms with van der Waals surface area (Å²) in [5, 5.41) is 0. The molecule has 1 aliphatic rings. The summed E-state index contributed by atoms with van der Waals surface area (Å²) in [6.07, 6.45) is 3.21. The Hall–Kier alpha value is -2.70. The van der Waals surface area contributed by atoms with E-state index in [0.717, 1.165) is 12.8 Å². The van der Waals surface area contributed by atoms with Crippen LogP contribution in [-0.4, -0.2) is 37.6 Å². The summed E-state index contributed by atoms with van der Waals surface area (Å²) in [6.45, 7) is 14.1. The van der Waals surface area contributed by atoms with Gasteiger partial charge < -0.3 is 14.2 Å². The number of ether oxygens (including phenoxy) is 3. The minimum absolute atomic E-state index is 0.0544. The van der Waals surface area contributed by atoms with E-state index in [1.165, 1.54) is 13.2 Å². The lowest BCUT2D eigenvalue weighted by atomic mass is 10.3. The molecule has 0 atom stereocenters. The largest absolute Gasteiger partial charge is 0.466 e. The highest BCUT2D eigenvalue weighted by Crippen LogP contribution is 2.10. The van der Waals surface area contributed by atoms with Gasteiger partial charge in [-0.05, 0) is 13.3 Å². The van der Waals surface area contributed by atoms with Crippen LogP contribution in [0.25, 0.3) is 0 Å². The van der Waals surface area contributed by atoms with E-state index in [4.69, 9.17) is 0 Å². The van der Waals surface area contributed by atoms with Crippen LogP contribution in [0.4, 0.5) is 0 Å². The van der Waals surface area contributed by atoms with Crippen LogP contribution < -0.4 is 0 Å². The standard InChI is InChI=1S/C7H12O2.C5H4O3.C5H8O2/c1-3-5-6-9-7(8)4-2;1-3-2-4(6)8-5(3)7;1-4(2)5(6)7-3/h4H,2-3,5-6H2,1H3;1-2H2;1H2,2-3H3. The van der Waals surface area contributed by atoms with Crippen LogP contribution >= 0.6 is 0 Å². The molecule has 1 saturated heterocycles. The van der Waals surface area contributed by atoms with Gasteiger partial charge in [-0.1, -0.05) is 33.1 Å². The molecule has 0 bridgehead atoms. The molecular weight excluding hydrogens is 316 g/mol. The molecule has 1 heterocycles. The maximum absolute atomic E-state index is 10.3. The van der Waals surface area contributed by atoms with Crippen LogP contribution in [0.1, 0.15) is 33.1 Å². The average molecular weight is 340 g/mol. The molecule has 0 N–H and O–H groups in total. The second-order valence-corrected chi connectivity index (χ2v) is 4.54. The number of hydrogen-bond acceptors (Lipinski definition) is 7. The zero-order valence-electron chi connectivity index (χ0n) is 14.4. The maximum Gasteiger partial charge on any atom is 0.341 e. The second-order valence-electron chi connectivity index (χ2n) is 4.54. The van der Waals surface area contributed by atoms with Crippen LogP contribution in [0, 0.1) is 0 Å². The van der Waals surface area contributed by atoms with Crippen molar-refractivity contribution in [2.24, 2.45) is 0 Å². The number of hydrogen-bond donors (Lipinski definition) is 0. The topological polar surface area (TPSA) is 96.0 Å². The third-order valence-corrected chi connectivity index (χ3v) is 2.30. The second kappa shape index (κ2) is 13.9. The molecule has 0 unspecified atom stereocenters. The molecule has 1 fully saturated rings. The number of carbonyl (C=O) groups excluding carboxylic acids is 4. The quantitative estimate of drug-likeness (QED) is 0.249. The van der Waals surface area contributed by atoms with Gasteiger partial charge in [0.25, 0.3) is 0 Å². The summed E-state index contributed by atoms with van der Waals surface area (Å²) >= 11 is 0. The monoisotopic (exact) mass is 340 g/mol. The van der Waals surface area contributed by atoms with E-state index >= 15 is 0 Å². The van der Waals surface area contributed by atoms with E-state index < -0.39 is 11.9 Å². The molecule has 0 aliphatic carbocycles. The average Bonchev–Trinajstić information content (AvgIpc) is 2.83. The van der Waals surface area contributed by atoms with Gasteiger partial charge in [-0.3, -0.25) is 4.79 Å². The van der Waals surface area contributed by atoms with Gasteiger partial charge in [-0.2, -0.15) is 0 Å². The van der Waals surface area contributed by atoms with Crippen molar-refractivity contribution >= 4 is 23.9 Å². The fraction of sp³-hybridized carbons (Fsp3) is 0.412. The summed E-state index contributed by atoms with van der Waals surface area (Å²) in [6, 6.07) is 0. The summed E-state index contributed by atoms with van der Waals surface area (Å²) in [5.41, 5.74) is 0.678. The van der Waals surface area contributed by atoms with Crippen LogP contribution in [0.15, 0.2) is 37.0 Å². The molecule has 1 rings (SSSR count). The van der Waals surface area contributed by atoms with Crippen molar-refractivity contribution in [1.82, 2.24) is 0 Å². The molecule has 7 heteroatoms. The lowest BCUT2D eigenvalue weighted by Gasteiger charge is -1.97. The zero-order chi connectivity index (χ0) is 19.1. The minimum Gasteiger partial charge on any atom is -0.466 e. The van der Waals surface area contributed by atoms with Gasteiger partial charge in [0.1, 0.15) is 0 Å². The van der Waals surface area contributed by atoms with Gasteiger partial charge in [0.2, 0.25) is 0 Å². The first-order chi connectivity index (χ1) is 11.2. The number of unbranched alkanes of at least 4 members (excludes halogenated alkanes) is 1. The Morgan fingerprint density at radius 1 is 1.33 bits per heavy atom. The fourth-order valence-electron chi connectivity index (χ4n) is 1.01. The number of cyclic esters (lactones) is 2. The summed E-state index contributed by atoms with van der Waals surface area (Å²) in [4.78, 5) is 40.9. The molecule has 7 nitrogen and oxygen atoms in total. The third kappa shape index (κ3) is 13.0. The molecule has 0 aromatic carbocycles. The summed E-state index contributed by atoms with van der Waals surface area (Å²) in [7, 11) is 1.33. The van der Waals surface area contributed by atoms with E-state index in [-0.39, 0.29) is 23.9 Å². The van der Waals surface area contributed by atoms with Crippen molar-refractivity contribution in [3.8, 4) is 0 Å². The Bertz CT molecular complexity index is 485. The highest BCUT2D eigenvalue weighted by Gasteiger charge is 2.24.